The first-order valence-electron chi connectivity index (χ1n) is 6.10. The van der Waals surface area contributed by atoms with Crippen molar-refractivity contribution in [2.45, 2.75) is 13.1 Å². The number of imidazole rings is 1. The molecule has 1 N–H and O–H groups in total. The number of aryl methyl sites for hydroxylation is 1. The highest BCUT2D eigenvalue weighted by Crippen LogP contribution is 2.33. The summed E-state index contributed by atoms with van der Waals surface area (Å²) in [4.78, 5) is 4.25. The van der Waals surface area contributed by atoms with Gasteiger partial charge in [-0.1, -0.05) is 22.0 Å². The Morgan fingerprint density at radius 3 is 2.71 bits per heavy atom. The van der Waals surface area contributed by atoms with Gasteiger partial charge in [-0.3, -0.25) is 4.57 Å². The number of anilines is 1. The van der Waals surface area contributed by atoms with Crippen LogP contribution in [0, 0.1) is 6.92 Å². The van der Waals surface area contributed by atoms with Crippen molar-refractivity contribution in [3.05, 3.63) is 52.8 Å². The number of benzene rings is 1. The van der Waals surface area contributed by atoms with Crippen molar-refractivity contribution in [1.82, 2.24) is 9.55 Å². The normalized spacial score (nSPS) is 11.5. The molecule has 0 unspecified atom stereocenters. The molecule has 1 aromatic carbocycles. The summed E-state index contributed by atoms with van der Waals surface area (Å²) >= 11 is 3.12. The Kier molecular flexibility index (Phi) is 4.41. The summed E-state index contributed by atoms with van der Waals surface area (Å²) in [6.07, 6.45) is -1.08. The van der Waals surface area contributed by atoms with E-state index in [-0.39, 0.29) is 0 Å². The first-order chi connectivity index (χ1) is 9.81. The molecule has 3 nitrogen and oxygen atoms in total. The van der Waals surface area contributed by atoms with Crippen molar-refractivity contribution in [3.8, 4) is 5.69 Å². The molecule has 0 fully saturated rings. The van der Waals surface area contributed by atoms with E-state index in [2.05, 4.69) is 32.8 Å². The third kappa shape index (κ3) is 3.66. The molecule has 0 radical (unpaired) electrons. The van der Waals surface area contributed by atoms with Crippen LogP contribution in [-0.4, -0.2) is 16.1 Å². The fraction of sp³-hybridized carbons (Fsp3) is 0.214. The van der Waals surface area contributed by atoms with Crippen molar-refractivity contribution in [3.63, 3.8) is 0 Å². The summed E-state index contributed by atoms with van der Waals surface area (Å²) in [5.74, 6) is 0.471. The van der Waals surface area contributed by atoms with E-state index in [1.165, 1.54) is 0 Å². The van der Waals surface area contributed by atoms with Gasteiger partial charge in [0.05, 0.1) is 16.9 Å². The molecule has 2 aromatic rings. The number of nitrogens with zero attached hydrogens (tertiary/aromatic N) is 2. The predicted molar refractivity (Wildman–Crippen MR) is 79.7 cm³/mol. The van der Waals surface area contributed by atoms with Crippen LogP contribution in [0.4, 0.5) is 19.1 Å². The Morgan fingerprint density at radius 1 is 1.38 bits per heavy atom. The molecule has 21 heavy (non-hydrogen) atoms. The van der Waals surface area contributed by atoms with Gasteiger partial charge in [-0.25, -0.2) is 4.98 Å². The number of rotatable bonds is 4. The van der Waals surface area contributed by atoms with Crippen LogP contribution in [0.5, 0.6) is 0 Å². The van der Waals surface area contributed by atoms with Crippen LogP contribution in [0.1, 0.15) is 11.3 Å². The highest BCUT2D eigenvalue weighted by Gasteiger charge is 2.31. The Balaban J connectivity index is 2.51. The van der Waals surface area contributed by atoms with Crippen LogP contribution >= 0.6 is 15.9 Å². The second kappa shape index (κ2) is 5.93. The zero-order chi connectivity index (χ0) is 15.6. The van der Waals surface area contributed by atoms with E-state index in [4.69, 9.17) is 0 Å². The lowest BCUT2D eigenvalue weighted by Crippen LogP contribution is -2.09. The van der Waals surface area contributed by atoms with E-state index >= 15 is 0 Å². The Labute approximate surface area is 128 Å². The molecule has 0 atom stereocenters. The van der Waals surface area contributed by atoms with Crippen LogP contribution in [0.3, 0.4) is 0 Å². The number of hydrogen-bond acceptors (Lipinski definition) is 2. The fourth-order valence-electron chi connectivity index (χ4n) is 1.86. The molecule has 2 rings (SSSR count). The number of halogens is 4. The molecule has 0 saturated carbocycles. The molecule has 0 saturated heterocycles. The summed E-state index contributed by atoms with van der Waals surface area (Å²) in [5.41, 5.74) is 0.367. The maximum atomic E-state index is 12.9. The summed E-state index contributed by atoms with van der Waals surface area (Å²) in [7, 11) is 0. The molecule has 0 amide bonds. The van der Waals surface area contributed by atoms with Crippen molar-refractivity contribution in [2.24, 2.45) is 0 Å². The van der Waals surface area contributed by atoms with Crippen LogP contribution < -0.4 is 5.32 Å². The first kappa shape index (κ1) is 15.6. The molecule has 0 bridgehead atoms. The maximum Gasteiger partial charge on any atom is 0.416 e. The van der Waals surface area contributed by atoms with Crippen LogP contribution in [0.2, 0.25) is 0 Å². The van der Waals surface area contributed by atoms with Crippen molar-refractivity contribution < 1.29 is 13.2 Å². The van der Waals surface area contributed by atoms with E-state index in [1.807, 2.05) is 0 Å². The van der Waals surface area contributed by atoms with Crippen LogP contribution in [0.15, 0.2) is 41.5 Å². The van der Waals surface area contributed by atoms with Gasteiger partial charge in [0.1, 0.15) is 0 Å². The zero-order valence-corrected chi connectivity index (χ0v) is 12.8. The lowest BCUT2D eigenvalue weighted by molar-refractivity contribution is -0.137. The summed E-state index contributed by atoms with van der Waals surface area (Å²) in [6, 6.07) is 3.74. The van der Waals surface area contributed by atoms with E-state index < -0.39 is 11.7 Å². The van der Waals surface area contributed by atoms with Crippen molar-refractivity contribution >= 4 is 21.9 Å². The predicted octanol–water partition coefficient (Wildman–Crippen LogP) is 4.56. The average molecular weight is 360 g/mol. The van der Waals surface area contributed by atoms with Crippen LogP contribution in [0.25, 0.3) is 5.69 Å². The SMILES string of the molecule is C=CCNc1nc(C)cn1-c1cc(Br)cc(C(F)(F)F)c1. The quantitative estimate of drug-likeness (QED) is 0.811. The fourth-order valence-corrected chi connectivity index (χ4v) is 2.34. The third-order valence-electron chi connectivity index (χ3n) is 2.72. The lowest BCUT2D eigenvalue weighted by Gasteiger charge is -2.13. The van der Waals surface area contributed by atoms with Crippen molar-refractivity contribution in [2.75, 3.05) is 11.9 Å². The van der Waals surface area contributed by atoms with E-state index in [0.717, 1.165) is 12.1 Å². The monoisotopic (exact) mass is 359 g/mol. The molecular weight excluding hydrogens is 347 g/mol. The van der Waals surface area contributed by atoms with Crippen molar-refractivity contribution in [1.29, 1.82) is 0 Å². The minimum absolute atomic E-state index is 0.355. The summed E-state index contributed by atoms with van der Waals surface area (Å²) < 4.78 is 40.6. The van der Waals surface area contributed by atoms with Crippen LogP contribution in [-0.2, 0) is 6.18 Å². The van der Waals surface area contributed by atoms with E-state index in [9.17, 15) is 13.2 Å². The summed E-state index contributed by atoms with van der Waals surface area (Å²) in [5, 5.41) is 3.00. The third-order valence-corrected chi connectivity index (χ3v) is 3.18. The standard InChI is InChI=1S/C14H13BrF3N3/c1-3-4-19-13-20-9(2)8-21(13)12-6-10(14(16,17)18)5-11(15)7-12/h3,5-8H,1,4H2,2H3,(H,19,20). The minimum Gasteiger partial charge on any atom is -0.352 e. The Morgan fingerprint density at radius 2 is 2.10 bits per heavy atom. The molecule has 0 aliphatic rings. The molecule has 7 heteroatoms. The Bertz CT molecular complexity index is 662. The highest BCUT2D eigenvalue weighted by molar-refractivity contribution is 9.10. The lowest BCUT2D eigenvalue weighted by atomic mass is 10.2. The summed E-state index contributed by atoms with van der Waals surface area (Å²) in [6.45, 7) is 5.83. The zero-order valence-electron chi connectivity index (χ0n) is 11.2. The largest absolute Gasteiger partial charge is 0.416 e. The minimum atomic E-state index is -4.40. The smallest absolute Gasteiger partial charge is 0.352 e. The van der Waals surface area contributed by atoms with Gasteiger partial charge < -0.3 is 5.32 Å². The van der Waals surface area contributed by atoms with Gasteiger partial charge in [-0.2, -0.15) is 13.2 Å². The second-order valence-electron chi connectivity index (χ2n) is 4.44. The highest BCUT2D eigenvalue weighted by atomic mass is 79.9. The number of hydrogen-bond donors (Lipinski definition) is 1. The molecular formula is C14H13BrF3N3. The van der Waals surface area contributed by atoms with Gasteiger partial charge in [0, 0.05) is 17.2 Å². The molecule has 0 aliphatic carbocycles. The molecule has 1 aromatic heterocycles. The number of alkyl halides is 3. The van der Waals surface area contributed by atoms with E-state index in [1.54, 1.807) is 29.8 Å². The van der Waals surface area contributed by atoms with Gasteiger partial charge in [0.2, 0.25) is 5.95 Å². The van der Waals surface area contributed by atoms with Gasteiger partial charge in [-0.05, 0) is 25.1 Å². The first-order valence-corrected chi connectivity index (χ1v) is 6.89. The maximum absolute atomic E-state index is 12.9. The average Bonchev–Trinajstić information content (AvgIpc) is 2.76. The molecule has 0 aliphatic heterocycles. The Hall–Kier alpha value is -1.76. The number of aromatic nitrogens is 2. The molecule has 1 heterocycles. The second-order valence-corrected chi connectivity index (χ2v) is 5.36. The van der Waals surface area contributed by atoms with Gasteiger partial charge in [0.15, 0.2) is 0 Å². The number of nitrogens with one attached hydrogen (secondary N) is 1. The molecule has 112 valence electrons. The van der Waals surface area contributed by atoms with Gasteiger partial charge in [-0.15, -0.1) is 6.58 Å². The molecule has 0 spiro atoms. The topological polar surface area (TPSA) is 29.9 Å². The van der Waals surface area contributed by atoms with Gasteiger partial charge in [0.25, 0.3) is 0 Å². The van der Waals surface area contributed by atoms with E-state index in [0.29, 0.717) is 28.3 Å². The van der Waals surface area contributed by atoms with Gasteiger partial charge >= 0.3 is 6.18 Å².